The number of carbonyl (C=O) groups is 3. The van der Waals surface area contributed by atoms with Crippen LogP contribution in [-0.2, 0) is 14.3 Å². The third-order valence-electron chi connectivity index (χ3n) is 6.75. The van der Waals surface area contributed by atoms with Crippen molar-refractivity contribution in [2.45, 2.75) is 50.5 Å². The number of nitrogens with zero attached hydrogens (tertiary/aromatic N) is 2. The molecule has 1 saturated carbocycles. The van der Waals surface area contributed by atoms with E-state index in [2.05, 4.69) is 4.98 Å². The average molecular weight is 465 g/mol. The van der Waals surface area contributed by atoms with Gasteiger partial charge in [-0.25, -0.2) is 4.98 Å². The number of carbonyl (C=O) groups excluding carboxylic acids is 3. The molecule has 2 heterocycles. The Morgan fingerprint density at radius 1 is 1.15 bits per heavy atom. The quantitative estimate of drug-likeness (QED) is 0.523. The predicted octanol–water partition coefficient (Wildman–Crippen LogP) is 3.68. The maximum atomic E-state index is 13.0. The van der Waals surface area contributed by atoms with Gasteiger partial charge in [-0.3, -0.25) is 14.4 Å². The molecule has 8 nitrogen and oxygen atoms in total. The summed E-state index contributed by atoms with van der Waals surface area (Å²) in [6, 6.07) is 9.11. The predicted molar refractivity (Wildman–Crippen MR) is 123 cm³/mol. The van der Waals surface area contributed by atoms with Gasteiger partial charge in [-0.1, -0.05) is 6.07 Å². The lowest BCUT2D eigenvalue weighted by Gasteiger charge is -2.19. The molecule has 1 aromatic heterocycles. The summed E-state index contributed by atoms with van der Waals surface area (Å²) in [7, 11) is 1.36. The molecule has 0 spiro atoms. The van der Waals surface area contributed by atoms with Crippen LogP contribution < -0.4 is 14.4 Å². The number of fused-ring (bicyclic) bond motifs is 1. The van der Waals surface area contributed by atoms with Crippen molar-refractivity contribution in [3.05, 3.63) is 47.7 Å². The summed E-state index contributed by atoms with van der Waals surface area (Å²) in [4.78, 5) is 43.1. The van der Waals surface area contributed by atoms with Crippen molar-refractivity contribution in [3.63, 3.8) is 0 Å². The van der Waals surface area contributed by atoms with Crippen LogP contribution in [0.15, 0.2) is 36.5 Å². The van der Waals surface area contributed by atoms with E-state index in [1.54, 1.807) is 29.3 Å². The van der Waals surface area contributed by atoms with E-state index < -0.39 is 6.10 Å². The normalized spacial score (nSPS) is 21.5. The van der Waals surface area contributed by atoms with Gasteiger partial charge in [0.1, 0.15) is 5.75 Å². The van der Waals surface area contributed by atoms with Gasteiger partial charge in [-0.15, -0.1) is 0 Å². The minimum absolute atomic E-state index is 0.00439. The Hall–Kier alpha value is -3.42. The summed E-state index contributed by atoms with van der Waals surface area (Å²) in [5.74, 6) is 1.37. The van der Waals surface area contributed by atoms with Crippen LogP contribution in [0.3, 0.4) is 0 Å². The van der Waals surface area contributed by atoms with E-state index in [0.717, 1.165) is 5.56 Å². The lowest BCUT2D eigenvalue weighted by Crippen LogP contribution is -2.32. The molecule has 34 heavy (non-hydrogen) atoms. The van der Waals surface area contributed by atoms with Crippen molar-refractivity contribution < 1.29 is 28.6 Å². The highest BCUT2D eigenvalue weighted by Crippen LogP contribution is 2.39. The number of Topliss-reactive ketones (excluding diaryl/α,β-unsaturated/α-hetero) is 1. The average Bonchev–Trinajstić information content (AvgIpc) is 3.55. The van der Waals surface area contributed by atoms with Crippen LogP contribution in [0.4, 0.5) is 5.69 Å². The second-order valence-corrected chi connectivity index (χ2v) is 9.18. The number of esters is 1. The number of aromatic nitrogens is 1. The Balaban J connectivity index is 1.21. The maximum absolute atomic E-state index is 13.0. The lowest BCUT2D eigenvalue weighted by atomic mass is 9.96. The minimum Gasteiger partial charge on any atom is -0.479 e. The fourth-order valence-electron chi connectivity index (χ4n) is 4.60. The maximum Gasteiger partial charge on any atom is 0.305 e. The highest BCUT2D eigenvalue weighted by atomic mass is 16.5. The fourth-order valence-corrected chi connectivity index (χ4v) is 4.60. The van der Waals surface area contributed by atoms with Gasteiger partial charge in [-0.05, 0) is 54.9 Å². The number of anilines is 1. The molecule has 1 aliphatic heterocycles. The van der Waals surface area contributed by atoms with Crippen LogP contribution >= 0.6 is 0 Å². The SMILES string of the molecule is COC(=O)CCC1CC(=O)c2cc(N3CC[C@@H](Oc4ccc(OCC5CC5)nc4)C3=O)ccc21. The van der Waals surface area contributed by atoms with Gasteiger partial charge < -0.3 is 19.1 Å². The van der Waals surface area contributed by atoms with Gasteiger partial charge in [0, 0.05) is 43.1 Å². The van der Waals surface area contributed by atoms with Crippen molar-refractivity contribution >= 4 is 23.3 Å². The number of hydrogen-bond donors (Lipinski definition) is 0. The molecule has 0 radical (unpaired) electrons. The Kier molecular flexibility index (Phi) is 6.22. The molecule has 2 aromatic rings. The topological polar surface area (TPSA) is 95.0 Å². The first-order valence-electron chi connectivity index (χ1n) is 11.8. The highest BCUT2D eigenvalue weighted by molar-refractivity contribution is 6.04. The van der Waals surface area contributed by atoms with E-state index >= 15 is 0 Å². The van der Waals surface area contributed by atoms with E-state index in [4.69, 9.17) is 14.2 Å². The number of hydrogen-bond acceptors (Lipinski definition) is 7. The molecule has 0 N–H and O–H groups in total. The molecular formula is C26H28N2O6. The highest BCUT2D eigenvalue weighted by Gasteiger charge is 2.36. The van der Waals surface area contributed by atoms with Gasteiger partial charge in [0.05, 0.1) is 19.9 Å². The summed E-state index contributed by atoms with van der Waals surface area (Å²) in [5.41, 5.74) is 2.27. The molecule has 3 aliphatic rings. The van der Waals surface area contributed by atoms with Crippen LogP contribution in [0.2, 0.25) is 0 Å². The van der Waals surface area contributed by atoms with E-state index in [1.807, 2.05) is 12.1 Å². The summed E-state index contributed by atoms with van der Waals surface area (Å²) in [5, 5.41) is 0. The van der Waals surface area contributed by atoms with Crippen LogP contribution in [0, 0.1) is 5.92 Å². The Bertz CT molecular complexity index is 1090. The molecule has 2 fully saturated rings. The Labute approximate surface area is 198 Å². The number of benzene rings is 1. The third kappa shape index (κ3) is 4.76. The number of methoxy groups -OCH3 is 1. The number of amides is 1. The van der Waals surface area contributed by atoms with Crippen molar-refractivity contribution in [3.8, 4) is 11.6 Å². The minimum atomic E-state index is -0.600. The van der Waals surface area contributed by atoms with E-state index in [-0.39, 0.29) is 30.0 Å². The lowest BCUT2D eigenvalue weighted by molar-refractivity contribution is -0.140. The van der Waals surface area contributed by atoms with Crippen LogP contribution in [-0.4, -0.2) is 49.0 Å². The second kappa shape index (κ2) is 9.44. The zero-order valence-electron chi connectivity index (χ0n) is 19.2. The third-order valence-corrected chi connectivity index (χ3v) is 6.75. The van der Waals surface area contributed by atoms with Crippen molar-refractivity contribution in [2.24, 2.45) is 5.92 Å². The van der Waals surface area contributed by atoms with Crippen LogP contribution in [0.5, 0.6) is 11.6 Å². The van der Waals surface area contributed by atoms with Gasteiger partial charge in [0.25, 0.3) is 5.91 Å². The molecule has 1 unspecified atom stereocenters. The first kappa shape index (κ1) is 22.4. The Morgan fingerprint density at radius 3 is 2.74 bits per heavy atom. The molecule has 2 atom stereocenters. The first-order valence-corrected chi connectivity index (χ1v) is 11.8. The van der Waals surface area contributed by atoms with Gasteiger partial charge >= 0.3 is 5.97 Å². The molecule has 1 aromatic carbocycles. The van der Waals surface area contributed by atoms with Gasteiger partial charge in [0.15, 0.2) is 11.9 Å². The monoisotopic (exact) mass is 464 g/mol. The smallest absolute Gasteiger partial charge is 0.305 e. The molecular weight excluding hydrogens is 436 g/mol. The van der Waals surface area contributed by atoms with Crippen molar-refractivity contribution in [1.29, 1.82) is 0 Å². The number of ketones is 1. The Morgan fingerprint density at radius 2 is 2.00 bits per heavy atom. The molecule has 8 heteroatoms. The van der Waals surface area contributed by atoms with E-state index in [9.17, 15) is 14.4 Å². The summed E-state index contributed by atoms with van der Waals surface area (Å²) >= 11 is 0. The molecule has 1 amide bonds. The standard InChI is InChI=1S/C26H28N2O6/c1-32-25(30)9-4-17-12-22(29)21-13-18(5-7-20(17)21)28-11-10-23(26(28)31)34-19-6-8-24(27-14-19)33-15-16-2-3-16/h5-8,13-14,16-17,23H,2-4,9-12,15H2,1H3/t17?,23-/m1/s1. The summed E-state index contributed by atoms with van der Waals surface area (Å²) in [6.07, 6.45) is 5.20. The molecule has 0 bridgehead atoms. The number of pyridine rings is 1. The number of rotatable bonds is 9. The van der Waals surface area contributed by atoms with Crippen molar-refractivity contribution in [1.82, 2.24) is 4.98 Å². The van der Waals surface area contributed by atoms with Crippen molar-refractivity contribution in [2.75, 3.05) is 25.2 Å². The zero-order valence-corrected chi connectivity index (χ0v) is 19.2. The molecule has 2 aliphatic carbocycles. The first-order chi connectivity index (χ1) is 16.5. The van der Waals surface area contributed by atoms with E-state index in [1.165, 1.54) is 20.0 Å². The molecule has 5 rings (SSSR count). The largest absolute Gasteiger partial charge is 0.479 e. The number of ether oxygens (including phenoxy) is 3. The van der Waals surface area contributed by atoms with E-state index in [0.29, 0.717) is 61.2 Å². The fraction of sp³-hybridized carbons (Fsp3) is 0.462. The van der Waals surface area contributed by atoms with Gasteiger partial charge in [0.2, 0.25) is 5.88 Å². The van der Waals surface area contributed by atoms with Crippen LogP contribution in [0.25, 0.3) is 0 Å². The van der Waals surface area contributed by atoms with Gasteiger partial charge in [-0.2, -0.15) is 0 Å². The van der Waals surface area contributed by atoms with Crippen LogP contribution in [0.1, 0.15) is 60.4 Å². The summed E-state index contributed by atoms with van der Waals surface area (Å²) in [6.45, 7) is 1.21. The second-order valence-electron chi connectivity index (χ2n) is 9.18. The molecule has 1 saturated heterocycles. The zero-order chi connectivity index (χ0) is 23.7. The molecule has 178 valence electrons. The summed E-state index contributed by atoms with van der Waals surface area (Å²) < 4.78 is 16.3.